The molecule has 0 atom stereocenters. The largest absolute Gasteiger partial charge is 0.310 e. The van der Waals surface area contributed by atoms with E-state index in [0.717, 1.165) is 47.4 Å². The lowest BCUT2D eigenvalue weighted by atomic mass is 9.70. The number of amides is 2. The quantitative estimate of drug-likeness (QED) is 0.562. The molecule has 1 N–H and O–H groups in total. The molecule has 1 saturated carbocycles. The Morgan fingerprint density at radius 1 is 1.23 bits per heavy atom. The van der Waals surface area contributed by atoms with Crippen LogP contribution < -0.4 is 10.2 Å². The topological polar surface area (TPSA) is 62.3 Å². The summed E-state index contributed by atoms with van der Waals surface area (Å²) in [6.07, 6.45) is 10.1. The number of thiophene rings is 1. The number of anilines is 2. The second-order valence-electron chi connectivity index (χ2n) is 8.52. The number of aryl methyl sites for hydroxylation is 1. The van der Waals surface area contributed by atoms with E-state index in [1.807, 2.05) is 25.2 Å². The van der Waals surface area contributed by atoms with E-state index in [1.54, 1.807) is 34.6 Å². The van der Waals surface area contributed by atoms with Crippen LogP contribution in [0.15, 0.2) is 42.6 Å². The minimum absolute atomic E-state index is 0.0758. The van der Waals surface area contributed by atoms with Crippen LogP contribution in [0.4, 0.5) is 10.8 Å². The molecule has 0 bridgehead atoms. The summed E-state index contributed by atoms with van der Waals surface area (Å²) in [5.74, 6) is 0.664. The lowest BCUT2D eigenvalue weighted by Gasteiger charge is -2.31. The van der Waals surface area contributed by atoms with Gasteiger partial charge in [0.25, 0.3) is 5.91 Å². The number of nitrogens with one attached hydrogen (secondary N) is 1. The maximum absolute atomic E-state index is 12.9. The second kappa shape index (κ2) is 7.61. The average molecular weight is 432 g/mol. The van der Waals surface area contributed by atoms with Crippen LogP contribution in [0.3, 0.4) is 0 Å². The van der Waals surface area contributed by atoms with E-state index in [9.17, 15) is 9.59 Å². The summed E-state index contributed by atoms with van der Waals surface area (Å²) in [5, 5.41) is 5.10. The average Bonchev–Trinajstić information content (AvgIpc) is 3.26. The van der Waals surface area contributed by atoms with Crippen molar-refractivity contribution < 1.29 is 9.59 Å². The number of nitrogens with zero attached hydrogens (tertiary/aromatic N) is 2. The smallest absolute Gasteiger partial charge is 0.251 e. The number of carbonyl (C=O) groups is 2. The van der Waals surface area contributed by atoms with E-state index in [1.165, 1.54) is 16.5 Å². The van der Waals surface area contributed by atoms with Crippen LogP contribution in [0.25, 0.3) is 16.2 Å². The number of benzene rings is 1. The van der Waals surface area contributed by atoms with Gasteiger partial charge in [0.2, 0.25) is 5.91 Å². The van der Waals surface area contributed by atoms with E-state index in [0.29, 0.717) is 5.82 Å². The summed E-state index contributed by atoms with van der Waals surface area (Å²) < 4.78 is 1.18. The highest BCUT2D eigenvalue weighted by Crippen LogP contribution is 2.47. The Morgan fingerprint density at radius 2 is 2.00 bits per heavy atom. The van der Waals surface area contributed by atoms with Gasteiger partial charge in [-0.25, -0.2) is 4.98 Å². The first-order chi connectivity index (χ1) is 15.0. The lowest BCUT2D eigenvalue weighted by Crippen LogP contribution is -2.36. The Morgan fingerprint density at radius 3 is 2.77 bits per heavy atom. The summed E-state index contributed by atoms with van der Waals surface area (Å²) in [6, 6.07) is 10.2. The highest BCUT2D eigenvalue weighted by atomic mass is 32.1. The Kier molecular flexibility index (Phi) is 4.89. The Labute approximate surface area is 185 Å². The summed E-state index contributed by atoms with van der Waals surface area (Å²) >= 11 is 1.63. The van der Waals surface area contributed by atoms with Gasteiger partial charge in [-0.05, 0) is 54.5 Å². The molecule has 3 aromatic rings. The van der Waals surface area contributed by atoms with Crippen LogP contribution >= 0.6 is 11.3 Å². The molecule has 0 saturated heterocycles. The normalized spacial score (nSPS) is 17.3. The number of fused-ring (bicyclic) bond motifs is 3. The van der Waals surface area contributed by atoms with Crippen molar-refractivity contribution in [3.63, 3.8) is 0 Å². The van der Waals surface area contributed by atoms with E-state index in [-0.39, 0.29) is 11.8 Å². The molecule has 1 spiro atoms. The van der Waals surface area contributed by atoms with Gasteiger partial charge < -0.3 is 10.2 Å². The number of aromatic nitrogens is 1. The summed E-state index contributed by atoms with van der Waals surface area (Å²) in [6.45, 7) is 2.06. The number of hydrogen-bond acceptors (Lipinski definition) is 4. The van der Waals surface area contributed by atoms with Gasteiger partial charge in [0.05, 0.1) is 5.41 Å². The third-order valence-corrected chi connectivity index (χ3v) is 8.02. The van der Waals surface area contributed by atoms with Crippen LogP contribution in [0.5, 0.6) is 0 Å². The first-order valence-corrected chi connectivity index (χ1v) is 11.6. The molecule has 1 aliphatic heterocycles. The van der Waals surface area contributed by atoms with E-state index in [2.05, 4.69) is 29.4 Å². The van der Waals surface area contributed by atoms with Gasteiger partial charge in [-0.2, -0.15) is 0 Å². The van der Waals surface area contributed by atoms with Crippen molar-refractivity contribution in [3.05, 3.63) is 59.3 Å². The Balaban J connectivity index is 1.40. The zero-order valence-electron chi connectivity index (χ0n) is 17.8. The van der Waals surface area contributed by atoms with Gasteiger partial charge in [-0.15, -0.1) is 11.3 Å². The zero-order valence-corrected chi connectivity index (χ0v) is 18.6. The minimum atomic E-state index is -0.445. The Bertz CT molecular complexity index is 1220. The fourth-order valence-corrected chi connectivity index (χ4v) is 6.07. The van der Waals surface area contributed by atoms with Crippen molar-refractivity contribution in [2.45, 2.75) is 44.4 Å². The van der Waals surface area contributed by atoms with Crippen LogP contribution in [0, 0.1) is 6.92 Å². The van der Waals surface area contributed by atoms with Crippen LogP contribution in [-0.2, 0) is 15.0 Å². The van der Waals surface area contributed by atoms with Gasteiger partial charge >= 0.3 is 0 Å². The summed E-state index contributed by atoms with van der Waals surface area (Å²) in [5.41, 5.74) is 2.50. The molecular weight excluding hydrogens is 406 g/mol. The molecule has 2 aliphatic rings. The second-order valence-corrected chi connectivity index (χ2v) is 9.55. The zero-order chi connectivity index (χ0) is 21.6. The molecule has 1 fully saturated rings. The van der Waals surface area contributed by atoms with Crippen LogP contribution in [0.2, 0.25) is 0 Å². The van der Waals surface area contributed by atoms with Gasteiger partial charge in [0.1, 0.15) is 10.8 Å². The van der Waals surface area contributed by atoms with Crippen molar-refractivity contribution in [2.75, 3.05) is 17.3 Å². The molecule has 158 valence electrons. The third-order valence-electron chi connectivity index (χ3n) is 6.67. The number of rotatable bonds is 3. The highest BCUT2D eigenvalue weighted by molar-refractivity contribution is 7.23. The molecule has 3 heterocycles. The molecule has 6 heteroatoms. The highest BCUT2D eigenvalue weighted by Gasteiger charge is 2.47. The molecule has 5 rings (SSSR count). The minimum Gasteiger partial charge on any atom is -0.310 e. The summed E-state index contributed by atoms with van der Waals surface area (Å²) in [7, 11) is 1.81. The van der Waals surface area contributed by atoms with Crippen molar-refractivity contribution in [1.29, 1.82) is 0 Å². The predicted molar refractivity (Wildman–Crippen MR) is 127 cm³/mol. The van der Waals surface area contributed by atoms with Crippen LogP contribution in [-0.4, -0.2) is 23.8 Å². The van der Waals surface area contributed by atoms with E-state index >= 15 is 0 Å². The molecule has 0 unspecified atom stereocenters. The van der Waals surface area contributed by atoms with Crippen molar-refractivity contribution in [1.82, 2.24) is 4.98 Å². The standard InChI is InChI=1S/C25H25N3O2S/c1-16-18-8-4-5-9-20(18)31-23(16)28(2)21(29)11-10-17-14-19-22(26-15-17)27-24(30)25(19)12-6-3-7-13-25/h4-5,8-11,14-15H,3,6-7,12-13H2,1-2H3,(H,26,27,30)/b11-10+. The van der Waals surface area contributed by atoms with Crippen molar-refractivity contribution >= 4 is 50.1 Å². The van der Waals surface area contributed by atoms with E-state index in [4.69, 9.17) is 0 Å². The molecule has 0 radical (unpaired) electrons. The van der Waals surface area contributed by atoms with Crippen LogP contribution in [0.1, 0.15) is 48.8 Å². The Hall–Kier alpha value is -2.99. The number of carbonyl (C=O) groups excluding carboxylic acids is 2. The maximum atomic E-state index is 12.9. The third kappa shape index (κ3) is 3.26. The fraction of sp³-hybridized carbons (Fsp3) is 0.320. The monoisotopic (exact) mass is 431 g/mol. The number of hydrogen-bond donors (Lipinski definition) is 1. The molecule has 5 nitrogen and oxygen atoms in total. The SMILES string of the molecule is Cc1c(N(C)C(=O)/C=C/c2cnc3c(c2)C2(CCCCC2)C(=O)N3)sc2ccccc12. The molecule has 31 heavy (non-hydrogen) atoms. The van der Waals surface area contributed by atoms with Gasteiger partial charge in [0.15, 0.2) is 0 Å². The van der Waals surface area contributed by atoms with Gasteiger partial charge in [-0.3, -0.25) is 9.59 Å². The maximum Gasteiger partial charge on any atom is 0.251 e. The molecular formula is C25H25N3O2S. The number of likely N-dealkylation sites (N-methyl/N-ethyl adjacent to an activating group) is 1. The molecule has 1 aliphatic carbocycles. The first kappa shape index (κ1) is 19.9. The lowest BCUT2D eigenvalue weighted by molar-refractivity contribution is -0.122. The van der Waals surface area contributed by atoms with E-state index < -0.39 is 5.41 Å². The first-order valence-electron chi connectivity index (χ1n) is 10.8. The van der Waals surface area contributed by atoms with Gasteiger partial charge in [0, 0.05) is 29.6 Å². The van der Waals surface area contributed by atoms with Crippen molar-refractivity contribution in [2.24, 2.45) is 0 Å². The number of pyridine rings is 1. The van der Waals surface area contributed by atoms with Crippen molar-refractivity contribution in [3.8, 4) is 0 Å². The molecule has 2 amide bonds. The molecule has 1 aromatic carbocycles. The molecule has 2 aromatic heterocycles. The summed E-state index contributed by atoms with van der Waals surface area (Å²) in [4.78, 5) is 31.8. The fourth-order valence-electron chi connectivity index (χ4n) is 4.90. The van der Waals surface area contributed by atoms with Gasteiger partial charge in [-0.1, -0.05) is 37.5 Å². The predicted octanol–water partition coefficient (Wildman–Crippen LogP) is 5.43.